The zero-order chi connectivity index (χ0) is 23.4. The summed E-state index contributed by atoms with van der Waals surface area (Å²) in [6.45, 7) is 4.60. The van der Waals surface area contributed by atoms with Gasteiger partial charge in [-0.05, 0) is 43.2 Å². The van der Waals surface area contributed by atoms with Crippen LogP contribution in [-0.2, 0) is 0 Å². The molecular weight excluding hydrogens is 423 g/mol. The van der Waals surface area contributed by atoms with Crippen LogP contribution in [0.3, 0.4) is 0 Å². The minimum atomic E-state index is -0.504. The van der Waals surface area contributed by atoms with Gasteiger partial charge in [0.15, 0.2) is 0 Å². The fraction of sp³-hybridized carbons (Fsp3) is 0.320. The lowest BCUT2D eigenvalue weighted by Crippen LogP contribution is -2.46. The van der Waals surface area contributed by atoms with Gasteiger partial charge in [-0.3, -0.25) is 4.90 Å². The van der Waals surface area contributed by atoms with Crippen molar-refractivity contribution >= 4 is 11.6 Å². The van der Waals surface area contributed by atoms with Crippen molar-refractivity contribution in [2.45, 2.75) is 39.2 Å². The molecule has 1 atom stereocenters. The molecule has 2 heterocycles. The Kier molecular flexibility index (Phi) is 6.72. The van der Waals surface area contributed by atoms with Crippen LogP contribution in [0, 0.1) is 5.82 Å². The van der Waals surface area contributed by atoms with Gasteiger partial charge in [0, 0.05) is 17.8 Å². The quantitative estimate of drug-likeness (QED) is 0.454. The largest absolute Gasteiger partial charge is 0.497 e. The molecule has 0 bridgehead atoms. The topological polar surface area (TPSA) is 80.5 Å². The molecule has 2 aromatic carbocycles. The van der Waals surface area contributed by atoms with Gasteiger partial charge in [-0.15, -0.1) is 0 Å². The normalized spacial score (nSPS) is 16.2. The summed E-state index contributed by atoms with van der Waals surface area (Å²) in [4.78, 5) is 19.3. The number of amides is 2. The summed E-state index contributed by atoms with van der Waals surface area (Å²) in [6.07, 6.45) is 2.96. The molecule has 7 nitrogen and oxygen atoms in total. The van der Waals surface area contributed by atoms with Crippen LogP contribution in [0.5, 0.6) is 5.75 Å². The van der Waals surface area contributed by atoms with Gasteiger partial charge in [0.05, 0.1) is 18.7 Å². The number of rotatable bonds is 8. The van der Waals surface area contributed by atoms with Crippen LogP contribution >= 0.6 is 0 Å². The molecule has 4 rings (SSSR count). The molecule has 0 radical (unpaired) electrons. The molecule has 3 aromatic rings. The predicted octanol–water partition coefficient (Wildman–Crippen LogP) is 5.57. The molecule has 2 amide bonds. The standard InChI is InChI=1S/C25H27FN4O3/c1-4-5-6-13-30-16(2)21(22(27-25(30)31)17-9-8-12-20(15-17)32-3)24-28-23(29-33-24)18-10-7-11-19(26)14-18/h7-12,14-15,22H,4-6,13H2,1-3H3,(H,27,31). The number of hydrogen-bond donors (Lipinski definition) is 1. The van der Waals surface area contributed by atoms with E-state index in [1.807, 2.05) is 31.2 Å². The van der Waals surface area contributed by atoms with Gasteiger partial charge in [0.25, 0.3) is 5.89 Å². The number of nitrogens with one attached hydrogen (secondary N) is 1. The Morgan fingerprint density at radius 3 is 2.76 bits per heavy atom. The third-order valence-electron chi connectivity index (χ3n) is 5.75. The summed E-state index contributed by atoms with van der Waals surface area (Å²) < 4.78 is 24.7. The lowest BCUT2D eigenvalue weighted by Gasteiger charge is -2.35. The first-order chi connectivity index (χ1) is 16.0. The number of unbranched alkanes of at least 4 members (excludes halogenated alkanes) is 2. The second kappa shape index (κ2) is 9.85. The Hall–Kier alpha value is -3.68. The number of urea groups is 1. The van der Waals surface area contributed by atoms with Crippen molar-refractivity contribution in [3.05, 3.63) is 71.5 Å². The maximum absolute atomic E-state index is 13.7. The van der Waals surface area contributed by atoms with Gasteiger partial charge in [-0.1, -0.05) is 49.2 Å². The van der Waals surface area contributed by atoms with E-state index in [9.17, 15) is 9.18 Å². The summed E-state index contributed by atoms with van der Waals surface area (Å²) >= 11 is 0. The number of halogens is 1. The molecule has 0 saturated heterocycles. The molecule has 1 unspecified atom stereocenters. The van der Waals surface area contributed by atoms with Gasteiger partial charge in [0.2, 0.25) is 5.82 Å². The molecule has 0 spiro atoms. The third-order valence-corrected chi connectivity index (χ3v) is 5.75. The number of carbonyl (C=O) groups excluding carboxylic acids is 1. The summed E-state index contributed by atoms with van der Waals surface area (Å²) in [6, 6.07) is 12.9. The van der Waals surface area contributed by atoms with Gasteiger partial charge in [-0.25, -0.2) is 9.18 Å². The highest BCUT2D eigenvalue weighted by atomic mass is 19.1. The van der Waals surface area contributed by atoms with E-state index in [1.165, 1.54) is 12.1 Å². The van der Waals surface area contributed by atoms with E-state index in [-0.39, 0.29) is 23.6 Å². The lowest BCUT2D eigenvalue weighted by atomic mass is 9.94. The molecule has 0 fully saturated rings. The SMILES string of the molecule is CCCCCN1C(=O)NC(c2cccc(OC)c2)C(c2nc(-c3cccc(F)c3)no2)=C1C. The molecule has 1 aliphatic rings. The highest BCUT2D eigenvalue weighted by Crippen LogP contribution is 2.38. The number of benzene rings is 2. The Labute approximate surface area is 192 Å². The minimum absolute atomic E-state index is 0.176. The number of methoxy groups -OCH3 is 1. The monoisotopic (exact) mass is 450 g/mol. The lowest BCUT2D eigenvalue weighted by molar-refractivity contribution is 0.204. The number of ether oxygens (including phenoxy) is 1. The first kappa shape index (κ1) is 22.5. The highest BCUT2D eigenvalue weighted by molar-refractivity contribution is 5.87. The second-order valence-corrected chi connectivity index (χ2v) is 7.95. The summed E-state index contributed by atoms with van der Waals surface area (Å²) in [5.74, 6) is 0.856. The molecule has 1 aliphatic heterocycles. The molecular formula is C25H27FN4O3. The van der Waals surface area contributed by atoms with Crippen LogP contribution in [0.25, 0.3) is 17.0 Å². The number of carbonyl (C=O) groups is 1. The number of hydrogen-bond acceptors (Lipinski definition) is 5. The molecule has 8 heteroatoms. The molecule has 172 valence electrons. The van der Waals surface area contributed by atoms with Crippen molar-refractivity contribution in [3.8, 4) is 17.1 Å². The van der Waals surface area contributed by atoms with E-state index in [0.29, 0.717) is 23.4 Å². The number of aromatic nitrogens is 2. The summed E-state index contributed by atoms with van der Waals surface area (Å²) in [5, 5.41) is 7.16. The van der Waals surface area contributed by atoms with Crippen LogP contribution in [0.15, 0.2) is 58.8 Å². The van der Waals surface area contributed by atoms with E-state index in [4.69, 9.17) is 9.26 Å². The van der Waals surface area contributed by atoms with Gasteiger partial charge in [-0.2, -0.15) is 4.98 Å². The van der Waals surface area contributed by atoms with E-state index in [2.05, 4.69) is 22.4 Å². The third kappa shape index (κ3) is 4.74. The van der Waals surface area contributed by atoms with Crippen LogP contribution in [-0.4, -0.2) is 34.7 Å². The zero-order valence-electron chi connectivity index (χ0n) is 19.0. The van der Waals surface area contributed by atoms with Crippen LogP contribution in [0.2, 0.25) is 0 Å². The summed E-state index contributed by atoms with van der Waals surface area (Å²) in [7, 11) is 1.60. The Balaban J connectivity index is 1.78. The highest BCUT2D eigenvalue weighted by Gasteiger charge is 2.35. The van der Waals surface area contributed by atoms with Crippen LogP contribution < -0.4 is 10.1 Å². The number of allylic oxidation sites excluding steroid dienone is 1. The van der Waals surface area contributed by atoms with Crippen molar-refractivity contribution in [1.82, 2.24) is 20.4 Å². The molecule has 1 N–H and O–H groups in total. The van der Waals surface area contributed by atoms with Crippen molar-refractivity contribution in [3.63, 3.8) is 0 Å². The fourth-order valence-electron chi connectivity index (χ4n) is 4.00. The van der Waals surface area contributed by atoms with Crippen molar-refractivity contribution in [2.75, 3.05) is 13.7 Å². The number of nitrogens with zero attached hydrogens (tertiary/aromatic N) is 3. The van der Waals surface area contributed by atoms with Gasteiger partial charge < -0.3 is 14.6 Å². The average Bonchev–Trinajstić information content (AvgIpc) is 3.30. The fourth-order valence-corrected chi connectivity index (χ4v) is 4.00. The average molecular weight is 451 g/mol. The van der Waals surface area contributed by atoms with Crippen molar-refractivity contribution in [2.24, 2.45) is 0 Å². The van der Waals surface area contributed by atoms with Gasteiger partial charge in [0.1, 0.15) is 11.6 Å². The molecule has 0 aliphatic carbocycles. The van der Waals surface area contributed by atoms with Crippen molar-refractivity contribution < 1.29 is 18.4 Å². The zero-order valence-corrected chi connectivity index (χ0v) is 19.0. The maximum atomic E-state index is 13.7. The Morgan fingerprint density at radius 1 is 1.18 bits per heavy atom. The minimum Gasteiger partial charge on any atom is -0.497 e. The van der Waals surface area contributed by atoms with E-state index < -0.39 is 6.04 Å². The van der Waals surface area contributed by atoms with Crippen LogP contribution in [0.4, 0.5) is 9.18 Å². The van der Waals surface area contributed by atoms with Crippen LogP contribution in [0.1, 0.15) is 50.6 Å². The van der Waals surface area contributed by atoms with Crippen molar-refractivity contribution in [1.29, 1.82) is 0 Å². The predicted molar refractivity (Wildman–Crippen MR) is 123 cm³/mol. The molecule has 33 heavy (non-hydrogen) atoms. The first-order valence-corrected chi connectivity index (χ1v) is 11.0. The Bertz CT molecular complexity index is 1170. The Morgan fingerprint density at radius 2 is 2.00 bits per heavy atom. The maximum Gasteiger partial charge on any atom is 0.322 e. The van der Waals surface area contributed by atoms with Gasteiger partial charge >= 0.3 is 6.03 Å². The second-order valence-electron chi connectivity index (χ2n) is 7.95. The summed E-state index contributed by atoms with van der Waals surface area (Å²) in [5.41, 5.74) is 2.79. The van der Waals surface area contributed by atoms with E-state index >= 15 is 0 Å². The van der Waals surface area contributed by atoms with E-state index in [1.54, 1.807) is 24.1 Å². The smallest absolute Gasteiger partial charge is 0.322 e. The molecule has 0 saturated carbocycles. The molecule has 1 aromatic heterocycles. The first-order valence-electron chi connectivity index (χ1n) is 11.0. The van der Waals surface area contributed by atoms with E-state index in [0.717, 1.165) is 30.5 Å².